The first-order chi connectivity index (χ1) is 29.1. The Bertz CT molecular complexity index is 2330. The number of hydrogen-bond acceptors (Lipinski definition) is 11. The molecule has 4 atom stereocenters. The van der Waals surface area contributed by atoms with Crippen LogP contribution in [0.4, 0.5) is 9.59 Å². The van der Waals surface area contributed by atoms with Gasteiger partial charge in [-0.05, 0) is 86.3 Å². The van der Waals surface area contributed by atoms with Crippen LogP contribution in [0.3, 0.4) is 0 Å². The van der Waals surface area contributed by atoms with Crippen molar-refractivity contribution in [2.24, 2.45) is 11.8 Å². The zero-order valence-electron chi connectivity index (χ0n) is 34.2. The lowest BCUT2D eigenvalue weighted by atomic mass is 9.90. The molecule has 4 amide bonds. The van der Waals surface area contributed by atoms with E-state index in [4.69, 9.17) is 28.6 Å². The highest BCUT2D eigenvalue weighted by Gasteiger charge is 2.41. The van der Waals surface area contributed by atoms with Crippen molar-refractivity contribution in [2.75, 3.05) is 40.5 Å². The average molecular weight is 822 g/mol. The molecule has 3 aliphatic heterocycles. The summed E-state index contributed by atoms with van der Waals surface area (Å²) in [6, 6.07) is 11.7. The fourth-order valence-corrected chi connectivity index (χ4v) is 8.62. The van der Waals surface area contributed by atoms with Crippen LogP contribution < -0.4 is 10.6 Å². The number of oxazole rings is 1. The number of fused-ring (bicyclic) bond motifs is 1. The molecule has 0 spiro atoms. The molecule has 316 valence electrons. The molecule has 2 aromatic carbocycles. The standard InChI is InChI=1S/C43H51N9O8/c1-24(2)35(49-42(55)57-3)40(53)51-17-5-7-32(51)38-45-23-31(47-38)28-13-14-34-29(21-28)48-39(60-34)27-11-9-25(10-12-27)30-22-44-37(46-30)33-8-6-18-52(33)41(54)36(50-43(56)58-4)26-15-19-59-20-16-26/h9-14,21-24,26,32-33,35-36H,5-8,15-20H2,1-4H3,(H,44,46)(H,45,47)(H,49,55)(H,50,56)/t32-,33-,35-,36-/m0/s1. The SMILES string of the molecule is COC(=O)N[C@H](C(=O)N1CCC[C@H]1c1ncc(-c2ccc3oc(-c4ccc(-c5cnc([C@@H]6CCCN6C(=O)[C@@H](NC(=O)OC)C6CCOCC6)[nH]5)cc4)nc3c2)[nH]1)C(C)C. The zero-order chi connectivity index (χ0) is 41.9. The lowest BCUT2D eigenvalue weighted by Gasteiger charge is -2.34. The van der Waals surface area contributed by atoms with Crippen LogP contribution in [-0.2, 0) is 23.8 Å². The number of ether oxygens (including phenoxy) is 3. The van der Waals surface area contributed by atoms with Gasteiger partial charge in [-0.2, -0.15) is 0 Å². The maximum Gasteiger partial charge on any atom is 0.407 e. The molecule has 3 fully saturated rings. The van der Waals surface area contributed by atoms with Crippen LogP contribution in [0, 0.1) is 11.8 Å². The fourth-order valence-electron chi connectivity index (χ4n) is 8.62. The quantitative estimate of drug-likeness (QED) is 0.119. The molecule has 0 radical (unpaired) electrons. The minimum atomic E-state index is -0.710. The van der Waals surface area contributed by atoms with Crippen molar-refractivity contribution in [3.63, 3.8) is 0 Å². The molecule has 6 heterocycles. The predicted molar refractivity (Wildman–Crippen MR) is 219 cm³/mol. The first kappa shape index (κ1) is 40.5. The fraction of sp³-hybridized carbons (Fsp3) is 0.465. The number of nitrogens with zero attached hydrogens (tertiary/aromatic N) is 5. The molecule has 0 saturated carbocycles. The number of carbonyl (C=O) groups excluding carboxylic acids is 4. The van der Waals surface area contributed by atoms with Crippen molar-refractivity contribution in [1.29, 1.82) is 0 Å². The minimum Gasteiger partial charge on any atom is -0.453 e. The molecule has 17 heteroatoms. The van der Waals surface area contributed by atoms with E-state index in [1.807, 2.05) is 61.2 Å². The van der Waals surface area contributed by atoms with E-state index in [0.29, 0.717) is 67.8 Å². The van der Waals surface area contributed by atoms with Gasteiger partial charge >= 0.3 is 12.2 Å². The molecule has 0 aliphatic carbocycles. The van der Waals surface area contributed by atoms with Crippen LogP contribution in [0.15, 0.2) is 59.3 Å². The summed E-state index contributed by atoms with van der Waals surface area (Å²) in [5, 5.41) is 5.49. The molecule has 3 aliphatic rings. The van der Waals surface area contributed by atoms with Gasteiger partial charge in [0.15, 0.2) is 5.58 Å². The smallest absolute Gasteiger partial charge is 0.407 e. The summed E-state index contributed by atoms with van der Waals surface area (Å²) in [6.45, 7) is 6.03. The van der Waals surface area contributed by atoms with E-state index in [0.717, 1.165) is 53.8 Å². The van der Waals surface area contributed by atoms with Crippen molar-refractivity contribution in [3.8, 4) is 34.0 Å². The second-order valence-corrected chi connectivity index (χ2v) is 15.9. The number of rotatable bonds is 11. The number of hydrogen-bond donors (Lipinski definition) is 4. The summed E-state index contributed by atoms with van der Waals surface area (Å²) in [5.41, 5.74) is 5.51. The number of H-pyrrole nitrogens is 2. The first-order valence-electron chi connectivity index (χ1n) is 20.6. The largest absolute Gasteiger partial charge is 0.453 e. The van der Waals surface area contributed by atoms with Crippen LogP contribution in [-0.4, -0.2) is 111 Å². The molecule has 3 aromatic heterocycles. The molecule has 0 unspecified atom stereocenters. The second kappa shape index (κ2) is 17.6. The number of methoxy groups -OCH3 is 2. The highest BCUT2D eigenvalue weighted by atomic mass is 16.5. The Labute approximate surface area is 347 Å². The van der Waals surface area contributed by atoms with E-state index in [1.54, 1.807) is 17.3 Å². The predicted octanol–water partition coefficient (Wildman–Crippen LogP) is 6.13. The second-order valence-electron chi connectivity index (χ2n) is 15.9. The molecule has 0 bridgehead atoms. The number of imidazole rings is 2. The summed E-state index contributed by atoms with van der Waals surface area (Å²) >= 11 is 0. The minimum absolute atomic E-state index is 0.0401. The van der Waals surface area contributed by atoms with Gasteiger partial charge in [0, 0.05) is 37.4 Å². The van der Waals surface area contributed by atoms with Gasteiger partial charge in [-0.1, -0.05) is 26.0 Å². The zero-order valence-corrected chi connectivity index (χ0v) is 34.2. The van der Waals surface area contributed by atoms with E-state index in [-0.39, 0.29) is 35.7 Å². The number of benzene rings is 2. The normalized spacial score (nSPS) is 19.4. The Morgan fingerprint density at radius 1 is 0.750 bits per heavy atom. The highest BCUT2D eigenvalue weighted by molar-refractivity contribution is 5.87. The van der Waals surface area contributed by atoms with E-state index in [9.17, 15) is 19.2 Å². The van der Waals surface area contributed by atoms with Gasteiger partial charge in [0.2, 0.25) is 17.7 Å². The van der Waals surface area contributed by atoms with Crippen molar-refractivity contribution >= 4 is 35.1 Å². The highest BCUT2D eigenvalue weighted by Crippen LogP contribution is 2.36. The maximum absolute atomic E-state index is 14.0. The number of aromatic amines is 2. The van der Waals surface area contributed by atoms with E-state index in [1.165, 1.54) is 14.2 Å². The van der Waals surface area contributed by atoms with E-state index >= 15 is 0 Å². The van der Waals surface area contributed by atoms with Gasteiger partial charge in [0.05, 0.1) is 50.1 Å². The molecule has 8 rings (SSSR count). The summed E-state index contributed by atoms with van der Waals surface area (Å²) in [7, 11) is 2.58. The van der Waals surface area contributed by atoms with E-state index < -0.39 is 24.3 Å². The van der Waals surface area contributed by atoms with Gasteiger partial charge in [0.25, 0.3) is 0 Å². The Morgan fingerprint density at radius 2 is 1.32 bits per heavy atom. The number of likely N-dealkylation sites (tertiary alicyclic amines) is 2. The van der Waals surface area contributed by atoms with Crippen molar-refractivity contribution < 1.29 is 37.8 Å². The maximum atomic E-state index is 14.0. The summed E-state index contributed by atoms with van der Waals surface area (Å²) in [4.78, 5) is 76.5. The molecule has 4 N–H and O–H groups in total. The summed E-state index contributed by atoms with van der Waals surface area (Å²) in [5.74, 6) is 1.40. The molecular formula is C43H51N9O8. The number of amides is 4. The molecule has 5 aromatic rings. The third kappa shape index (κ3) is 8.30. The molecule has 60 heavy (non-hydrogen) atoms. The van der Waals surface area contributed by atoms with E-state index in [2.05, 4.69) is 25.6 Å². The van der Waals surface area contributed by atoms with Crippen molar-refractivity contribution in [1.82, 2.24) is 45.4 Å². The third-order valence-electron chi connectivity index (χ3n) is 11.9. The molecular weight excluding hydrogens is 771 g/mol. The monoisotopic (exact) mass is 821 g/mol. The lowest BCUT2D eigenvalue weighted by molar-refractivity contribution is -0.137. The number of carbonyl (C=O) groups is 4. The van der Waals surface area contributed by atoms with Crippen LogP contribution in [0.5, 0.6) is 0 Å². The van der Waals surface area contributed by atoms with Crippen molar-refractivity contribution in [2.45, 2.75) is 76.5 Å². The van der Waals surface area contributed by atoms with Crippen LogP contribution in [0.1, 0.15) is 76.1 Å². The summed E-state index contributed by atoms with van der Waals surface area (Å²) < 4.78 is 21.3. The van der Waals surface area contributed by atoms with Gasteiger partial charge in [0.1, 0.15) is 29.2 Å². The van der Waals surface area contributed by atoms with Gasteiger partial charge in [-0.15, -0.1) is 0 Å². The first-order valence-corrected chi connectivity index (χ1v) is 20.6. The van der Waals surface area contributed by atoms with Crippen LogP contribution >= 0.6 is 0 Å². The number of alkyl carbamates (subject to hydrolysis) is 2. The summed E-state index contributed by atoms with van der Waals surface area (Å²) in [6.07, 6.45) is 6.81. The Hall–Kier alpha value is -6.23. The molecule has 3 saturated heterocycles. The number of aromatic nitrogens is 5. The van der Waals surface area contributed by atoms with Crippen molar-refractivity contribution in [3.05, 3.63) is 66.5 Å². The Morgan fingerprint density at radius 3 is 1.93 bits per heavy atom. The van der Waals surface area contributed by atoms with Gasteiger partial charge in [-0.3, -0.25) is 9.59 Å². The average Bonchev–Trinajstić information content (AvgIpc) is 4.13. The molecule has 17 nitrogen and oxygen atoms in total. The number of nitrogens with one attached hydrogen (secondary N) is 4. The van der Waals surface area contributed by atoms with Gasteiger partial charge in [-0.25, -0.2) is 24.5 Å². The Kier molecular flexibility index (Phi) is 11.9. The lowest BCUT2D eigenvalue weighted by Crippen LogP contribution is -2.53. The Balaban J connectivity index is 0.943. The van der Waals surface area contributed by atoms with Crippen LogP contribution in [0.25, 0.3) is 45.1 Å². The van der Waals surface area contributed by atoms with Crippen LogP contribution in [0.2, 0.25) is 0 Å². The topological polar surface area (TPSA) is 210 Å². The third-order valence-corrected chi connectivity index (χ3v) is 11.9. The van der Waals surface area contributed by atoms with Gasteiger partial charge < -0.3 is 49.0 Å².